The van der Waals surface area contributed by atoms with Gasteiger partial charge in [-0.05, 0) is 24.1 Å². The molecule has 1 aromatic carbocycles. The highest BCUT2D eigenvalue weighted by molar-refractivity contribution is 5.76. The number of hydrogen-bond acceptors (Lipinski definition) is 1. The van der Waals surface area contributed by atoms with E-state index < -0.39 is 0 Å². The van der Waals surface area contributed by atoms with Gasteiger partial charge in [0.15, 0.2) is 0 Å². The van der Waals surface area contributed by atoms with Crippen LogP contribution >= 0.6 is 0 Å². The van der Waals surface area contributed by atoms with Gasteiger partial charge in [-0.25, -0.2) is 4.39 Å². The number of carbonyl (C=O) groups is 1. The van der Waals surface area contributed by atoms with Crippen LogP contribution in [0.5, 0.6) is 0 Å². The Kier molecular flexibility index (Phi) is 3.01. The molecule has 0 bridgehead atoms. The maximum Gasteiger partial charge on any atom is 0.220 e. The largest absolute Gasteiger partial charge is 0.369 e. The van der Waals surface area contributed by atoms with Crippen molar-refractivity contribution in [1.82, 2.24) is 0 Å². The number of hydrogen-bond donors (Lipinski definition) is 1. The zero-order chi connectivity index (χ0) is 9.84. The number of halogens is 1. The third-order valence-corrected chi connectivity index (χ3v) is 1.94. The van der Waals surface area contributed by atoms with Gasteiger partial charge in [0, 0.05) is 5.92 Å². The van der Waals surface area contributed by atoms with Crippen LogP contribution in [0.4, 0.5) is 4.39 Å². The molecular weight excluding hydrogens is 169 g/mol. The first-order valence-corrected chi connectivity index (χ1v) is 4.13. The molecule has 0 aliphatic carbocycles. The smallest absolute Gasteiger partial charge is 0.220 e. The molecule has 1 aromatic rings. The van der Waals surface area contributed by atoms with Crippen molar-refractivity contribution in [3.05, 3.63) is 35.6 Å². The fourth-order valence-electron chi connectivity index (χ4n) is 1.07. The van der Waals surface area contributed by atoms with E-state index in [1.54, 1.807) is 19.1 Å². The topological polar surface area (TPSA) is 43.1 Å². The molecule has 0 aliphatic heterocycles. The predicted molar refractivity (Wildman–Crippen MR) is 48.5 cm³/mol. The molecule has 0 unspecified atom stereocenters. The first-order valence-electron chi connectivity index (χ1n) is 4.13. The van der Waals surface area contributed by atoms with Crippen molar-refractivity contribution in [1.29, 1.82) is 0 Å². The minimum absolute atomic E-state index is 0.203. The molecule has 70 valence electrons. The number of benzene rings is 1. The van der Waals surface area contributed by atoms with Crippen LogP contribution < -0.4 is 5.73 Å². The van der Waals surface area contributed by atoms with Crippen molar-refractivity contribution in [3.8, 4) is 0 Å². The summed E-state index contributed by atoms with van der Waals surface area (Å²) < 4.78 is 12.5. The minimum atomic E-state index is -0.329. The minimum Gasteiger partial charge on any atom is -0.369 e. The van der Waals surface area contributed by atoms with Crippen LogP contribution in [0.15, 0.2) is 24.3 Å². The van der Waals surface area contributed by atoms with E-state index in [4.69, 9.17) is 5.73 Å². The molecule has 13 heavy (non-hydrogen) atoms. The van der Waals surface area contributed by atoms with Crippen LogP contribution in [0.1, 0.15) is 12.5 Å². The zero-order valence-corrected chi connectivity index (χ0v) is 7.46. The maximum atomic E-state index is 12.5. The van der Waals surface area contributed by atoms with Gasteiger partial charge < -0.3 is 5.73 Å². The van der Waals surface area contributed by atoms with E-state index in [0.717, 1.165) is 5.56 Å². The number of carbonyl (C=O) groups excluding carboxylic acids is 1. The van der Waals surface area contributed by atoms with Crippen LogP contribution in [0, 0.1) is 11.7 Å². The van der Waals surface area contributed by atoms with Crippen molar-refractivity contribution in [2.45, 2.75) is 13.3 Å². The molecule has 1 atom stereocenters. The molecule has 0 saturated heterocycles. The number of amides is 1. The summed E-state index contributed by atoms with van der Waals surface area (Å²) in [5.41, 5.74) is 6.02. The Hall–Kier alpha value is -1.38. The predicted octanol–water partition coefficient (Wildman–Crippen LogP) is 1.49. The normalized spacial score (nSPS) is 12.5. The van der Waals surface area contributed by atoms with Crippen molar-refractivity contribution < 1.29 is 9.18 Å². The summed E-state index contributed by atoms with van der Waals surface area (Å²) in [6.45, 7) is 1.76. The van der Waals surface area contributed by atoms with Crippen LogP contribution in [0.2, 0.25) is 0 Å². The highest BCUT2D eigenvalue weighted by atomic mass is 19.1. The van der Waals surface area contributed by atoms with Crippen molar-refractivity contribution in [2.75, 3.05) is 0 Å². The summed E-state index contributed by atoms with van der Waals surface area (Å²) >= 11 is 0. The highest BCUT2D eigenvalue weighted by Crippen LogP contribution is 2.08. The molecule has 2 N–H and O–H groups in total. The van der Waals surface area contributed by atoms with Gasteiger partial charge in [0.05, 0.1) is 0 Å². The van der Waals surface area contributed by atoms with Crippen molar-refractivity contribution in [2.24, 2.45) is 11.7 Å². The Balaban J connectivity index is 2.64. The molecule has 0 spiro atoms. The fraction of sp³-hybridized carbons (Fsp3) is 0.300. The van der Waals surface area contributed by atoms with E-state index in [-0.39, 0.29) is 17.6 Å². The van der Waals surface area contributed by atoms with Crippen LogP contribution in [0.3, 0.4) is 0 Å². The summed E-state index contributed by atoms with van der Waals surface area (Å²) in [6.07, 6.45) is 0.565. The van der Waals surface area contributed by atoms with Crippen molar-refractivity contribution in [3.63, 3.8) is 0 Å². The van der Waals surface area contributed by atoms with Gasteiger partial charge in [0.25, 0.3) is 0 Å². The Morgan fingerprint density at radius 3 is 2.46 bits per heavy atom. The quantitative estimate of drug-likeness (QED) is 0.754. The Bertz CT molecular complexity index is 294. The standard InChI is InChI=1S/C10H12FNO/c1-7(10(12)13)6-8-2-4-9(11)5-3-8/h2-5,7H,6H2,1H3,(H2,12,13)/t7-/m1/s1. The summed E-state index contributed by atoms with van der Waals surface area (Å²) in [7, 11) is 0. The first kappa shape index (κ1) is 9.71. The summed E-state index contributed by atoms with van der Waals surface area (Å²) in [4.78, 5) is 10.7. The second-order valence-corrected chi connectivity index (χ2v) is 3.13. The number of primary amides is 1. The van der Waals surface area contributed by atoms with E-state index >= 15 is 0 Å². The molecule has 2 nitrogen and oxygen atoms in total. The molecule has 0 saturated carbocycles. The van der Waals surface area contributed by atoms with Crippen LogP contribution in [-0.2, 0) is 11.2 Å². The second kappa shape index (κ2) is 4.03. The molecule has 0 fully saturated rings. The van der Waals surface area contributed by atoms with Crippen LogP contribution in [-0.4, -0.2) is 5.91 Å². The average Bonchev–Trinajstić information content (AvgIpc) is 2.08. The Morgan fingerprint density at radius 2 is 2.00 bits per heavy atom. The van der Waals surface area contributed by atoms with E-state index in [0.29, 0.717) is 6.42 Å². The van der Waals surface area contributed by atoms with E-state index in [1.165, 1.54) is 12.1 Å². The third-order valence-electron chi connectivity index (χ3n) is 1.94. The Morgan fingerprint density at radius 1 is 1.46 bits per heavy atom. The van der Waals surface area contributed by atoms with E-state index in [1.807, 2.05) is 0 Å². The van der Waals surface area contributed by atoms with Gasteiger partial charge >= 0.3 is 0 Å². The lowest BCUT2D eigenvalue weighted by atomic mass is 10.0. The van der Waals surface area contributed by atoms with Crippen molar-refractivity contribution >= 4 is 5.91 Å². The lowest BCUT2D eigenvalue weighted by Gasteiger charge is -2.06. The van der Waals surface area contributed by atoms with E-state index in [2.05, 4.69) is 0 Å². The lowest BCUT2D eigenvalue weighted by Crippen LogP contribution is -2.22. The molecule has 0 aliphatic rings. The molecule has 1 rings (SSSR count). The zero-order valence-electron chi connectivity index (χ0n) is 7.46. The monoisotopic (exact) mass is 181 g/mol. The molecular formula is C10H12FNO. The van der Waals surface area contributed by atoms with Gasteiger partial charge in [0.2, 0.25) is 5.91 Å². The molecule has 1 amide bonds. The van der Waals surface area contributed by atoms with Gasteiger partial charge in [-0.3, -0.25) is 4.79 Å². The van der Waals surface area contributed by atoms with Gasteiger partial charge in [-0.2, -0.15) is 0 Å². The number of rotatable bonds is 3. The van der Waals surface area contributed by atoms with E-state index in [9.17, 15) is 9.18 Å². The summed E-state index contributed by atoms with van der Waals surface area (Å²) in [6, 6.07) is 6.08. The highest BCUT2D eigenvalue weighted by Gasteiger charge is 2.08. The number of nitrogens with two attached hydrogens (primary N) is 1. The molecule has 0 heterocycles. The van der Waals surface area contributed by atoms with Gasteiger partial charge in [-0.15, -0.1) is 0 Å². The SMILES string of the molecule is C[C@H](Cc1ccc(F)cc1)C(N)=O. The Labute approximate surface area is 76.6 Å². The average molecular weight is 181 g/mol. The van der Waals surface area contributed by atoms with Crippen LogP contribution in [0.25, 0.3) is 0 Å². The summed E-state index contributed by atoms with van der Waals surface area (Å²) in [5, 5.41) is 0. The molecule has 0 aromatic heterocycles. The lowest BCUT2D eigenvalue weighted by molar-refractivity contribution is -0.121. The fourth-order valence-corrected chi connectivity index (χ4v) is 1.07. The third kappa shape index (κ3) is 2.86. The van der Waals surface area contributed by atoms with Gasteiger partial charge in [0.1, 0.15) is 5.82 Å². The summed E-state index contributed by atoms with van der Waals surface area (Å²) in [5.74, 6) is -0.801. The first-order chi connectivity index (χ1) is 6.09. The maximum absolute atomic E-state index is 12.5. The molecule has 3 heteroatoms. The van der Waals surface area contributed by atoms with Gasteiger partial charge in [-0.1, -0.05) is 19.1 Å². The second-order valence-electron chi connectivity index (χ2n) is 3.13. The molecule has 0 radical (unpaired) electrons.